The van der Waals surface area contributed by atoms with Crippen molar-refractivity contribution >= 4 is 17.5 Å². The van der Waals surface area contributed by atoms with Gasteiger partial charge in [0.05, 0.1) is 17.2 Å². The lowest BCUT2D eigenvalue weighted by atomic mass is 9.91. The summed E-state index contributed by atoms with van der Waals surface area (Å²) < 4.78 is 36.1. The molecule has 0 bridgehead atoms. The van der Waals surface area contributed by atoms with Gasteiger partial charge in [0.2, 0.25) is 5.91 Å². The number of allylic oxidation sites excluding steroid dienone is 4. The van der Waals surface area contributed by atoms with Crippen molar-refractivity contribution in [2.24, 2.45) is 11.7 Å². The van der Waals surface area contributed by atoms with E-state index in [0.29, 0.717) is 12.8 Å². The van der Waals surface area contributed by atoms with Gasteiger partial charge in [0.1, 0.15) is 0 Å². The molecule has 0 spiro atoms. The second-order valence-electron chi connectivity index (χ2n) is 5.47. The first-order valence-electron chi connectivity index (χ1n) is 6.73. The van der Waals surface area contributed by atoms with Gasteiger partial charge in [-0.25, -0.2) is 0 Å². The molecule has 3 nitrogen and oxygen atoms in total. The van der Waals surface area contributed by atoms with Crippen molar-refractivity contribution in [1.29, 1.82) is 0 Å². The zero-order valence-corrected chi connectivity index (χ0v) is 12.6. The van der Waals surface area contributed by atoms with E-state index in [9.17, 15) is 18.0 Å². The van der Waals surface area contributed by atoms with E-state index in [1.807, 2.05) is 25.2 Å². The molecule has 0 heterocycles. The first kappa shape index (κ1) is 18.0. The Morgan fingerprint density at radius 1 is 1.57 bits per heavy atom. The largest absolute Gasteiger partial charge is 0.390 e. The van der Waals surface area contributed by atoms with Crippen LogP contribution in [0.4, 0.5) is 13.2 Å². The summed E-state index contributed by atoms with van der Waals surface area (Å²) in [6.45, 7) is 1.79. The average Bonchev–Trinajstić information content (AvgIpc) is 2.33. The fraction of sp³-hybridized carbons (Fsp3) is 0.643. The number of nitrogens with one attached hydrogen (secondary N) is 1. The van der Waals surface area contributed by atoms with Crippen LogP contribution in [0.15, 0.2) is 23.8 Å². The van der Waals surface area contributed by atoms with E-state index >= 15 is 0 Å². The molecule has 1 aliphatic rings. The molecule has 3 N–H and O–H groups in total. The van der Waals surface area contributed by atoms with Crippen molar-refractivity contribution in [3.05, 3.63) is 23.8 Å². The maximum atomic E-state index is 12.0. The van der Waals surface area contributed by atoms with Crippen LogP contribution >= 0.6 is 11.6 Å². The van der Waals surface area contributed by atoms with Gasteiger partial charge in [0.15, 0.2) is 0 Å². The van der Waals surface area contributed by atoms with Gasteiger partial charge in [-0.2, -0.15) is 13.2 Å². The number of halogens is 4. The highest BCUT2D eigenvalue weighted by atomic mass is 35.5. The molecule has 1 unspecified atom stereocenters. The Kier molecular flexibility index (Phi) is 6.28. The molecule has 21 heavy (non-hydrogen) atoms. The molecule has 1 amide bonds. The lowest BCUT2D eigenvalue weighted by molar-refractivity contribution is -0.133. The number of carbonyl (C=O) groups excluding carboxylic acids is 1. The van der Waals surface area contributed by atoms with E-state index < -0.39 is 29.3 Å². The number of alkyl halides is 4. The summed E-state index contributed by atoms with van der Waals surface area (Å²) in [6.07, 6.45) is 1.53. The van der Waals surface area contributed by atoms with E-state index in [0.717, 1.165) is 5.57 Å². The summed E-state index contributed by atoms with van der Waals surface area (Å²) in [6, 6.07) is 0. The van der Waals surface area contributed by atoms with Crippen LogP contribution in [0.25, 0.3) is 0 Å². The molecule has 7 heteroatoms. The van der Waals surface area contributed by atoms with Gasteiger partial charge >= 0.3 is 6.18 Å². The topological polar surface area (TPSA) is 55.1 Å². The minimum Gasteiger partial charge on any atom is -0.369 e. The van der Waals surface area contributed by atoms with Crippen LogP contribution in [-0.4, -0.2) is 30.0 Å². The van der Waals surface area contributed by atoms with Crippen LogP contribution in [0.2, 0.25) is 0 Å². The molecule has 1 aliphatic carbocycles. The third-order valence-corrected chi connectivity index (χ3v) is 3.55. The second-order valence-corrected chi connectivity index (χ2v) is 6.33. The molecule has 0 aliphatic heterocycles. The fourth-order valence-electron chi connectivity index (χ4n) is 1.96. The first-order chi connectivity index (χ1) is 9.59. The molecule has 0 aromatic rings. The number of primary amides is 1. The number of hydrogen-bond acceptors (Lipinski definition) is 2. The third kappa shape index (κ3) is 7.52. The molecule has 2 atom stereocenters. The summed E-state index contributed by atoms with van der Waals surface area (Å²) in [5.41, 5.74) is 6.22. The summed E-state index contributed by atoms with van der Waals surface area (Å²) in [7, 11) is 0. The lowest BCUT2D eigenvalue weighted by Gasteiger charge is -2.22. The first-order valence-corrected chi connectivity index (χ1v) is 7.11. The minimum atomic E-state index is -4.20. The number of nitrogens with two attached hydrogens (primary N) is 1. The Bertz CT molecular complexity index is 430. The van der Waals surface area contributed by atoms with Crippen molar-refractivity contribution in [2.75, 3.05) is 13.1 Å². The maximum absolute atomic E-state index is 12.0. The van der Waals surface area contributed by atoms with Crippen LogP contribution in [0.3, 0.4) is 0 Å². The normalized spacial score (nSPS) is 23.8. The molecule has 0 saturated carbocycles. The SMILES string of the molecule is CC1(Cl)C=CC(C[C@@H](CNCCC(F)(F)F)C(N)=O)=CC1. The van der Waals surface area contributed by atoms with E-state index in [1.54, 1.807) is 0 Å². The molecule has 120 valence electrons. The lowest BCUT2D eigenvalue weighted by Crippen LogP contribution is -2.35. The second kappa shape index (κ2) is 7.31. The average molecular weight is 325 g/mol. The predicted octanol–water partition coefficient (Wildman–Crippen LogP) is 2.90. The van der Waals surface area contributed by atoms with Gasteiger partial charge in [-0.3, -0.25) is 4.79 Å². The van der Waals surface area contributed by atoms with E-state index in [4.69, 9.17) is 17.3 Å². The fourth-order valence-corrected chi connectivity index (χ4v) is 2.10. The quantitative estimate of drug-likeness (QED) is 0.559. The summed E-state index contributed by atoms with van der Waals surface area (Å²) in [5, 5.41) is 2.63. The van der Waals surface area contributed by atoms with Crippen molar-refractivity contribution in [3.63, 3.8) is 0 Å². The van der Waals surface area contributed by atoms with Crippen LogP contribution in [0, 0.1) is 5.92 Å². The summed E-state index contributed by atoms with van der Waals surface area (Å²) >= 11 is 6.14. The highest BCUT2D eigenvalue weighted by molar-refractivity contribution is 6.25. The van der Waals surface area contributed by atoms with Crippen molar-refractivity contribution in [1.82, 2.24) is 5.32 Å². The van der Waals surface area contributed by atoms with Crippen LogP contribution in [-0.2, 0) is 4.79 Å². The van der Waals surface area contributed by atoms with Crippen LogP contribution < -0.4 is 11.1 Å². The molecule has 0 saturated heterocycles. The van der Waals surface area contributed by atoms with Gasteiger partial charge in [-0.1, -0.05) is 23.8 Å². The Hall–Kier alpha value is -1.01. The Labute approximate surface area is 127 Å². The van der Waals surface area contributed by atoms with E-state index in [2.05, 4.69) is 5.32 Å². The molecular weight excluding hydrogens is 305 g/mol. The highest BCUT2D eigenvalue weighted by Crippen LogP contribution is 2.29. The monoisotopic (exact) mass is 324 g/mol. The Morgan fingerprint density at radius 2 is 2.24 bits per heavy atom. The third-order valence-electron chi connectivity index (χ3n) is 3.27. The summed E-state index contributed by atoms with van der Waals surface area (Å²) in [4.78, 5) is 11.0. The number of hydrogen-bond donors (Lipinski definition) is 2. The van der Waals surface area contributed by atoms with Crippen molar-refractivity contribution in [3.8, 4) is 0 Å². The zero-order valence-electron chi connectivity index (χ0n) is 11.8. The molecular formula is C14H20ClF3N2O. The van der Waals surface area contributed by atoms with E-state index in [1.165, 1.54) is 0 Å². The van der Waals surface area contributed by atoms with Crippen molar-refractivity contribution < 1.29 is 18.0 Å². The predicted molar refractivity (Wildman–Crippen MR) is 76.9 cm³/mol. The van der Waals surface area contributed by atoms with Crippen molar-refractivity contribution in [2.45, 2.75) is 37.2 Å². The Balaban J connectivity index is 2.43. The molecule has 1 rings (SSSR count). The zero-order chi connectivity index (χ0) is 16.1. The van der Waals surface area contributed by atoms with Crippen LogP contribution in [0.5, 0.6) is 0 Å². The number of amides is 1. The maximum Gasteiger partial charge on any atom is 0.390 e. The van der Waals surface area contributed by atoms with Crippen LogP contribution in [0.1, 0.15) is 26.2 Å². The Morgan fingerprint density at radius 3 is 2.71 bits per heavy atom. The van der Waals surface area contributed by atoms with Gasteiger partial charge in [0.25, 0.3) is 0 Å². The number of carbonyl (C=O) groups is 1. The highest BCUT2D eigenvalue weighted by Gasteiger charge is 2.27. The minimum absolute atomic E-state index is 0.134. The number of rotatable bonds is 7. The van der Waals surface area contributed by atoms with Gasteiger partial charge < -0.3 is 11.1 Å². The van der Waals surface area contributed by atoms with Gasteiger partial charge in [0, 0.05) is 13.1 Å². The smallest absolute Gasteiger partial charge is 0.369 e. The molecule has 0 radical (unpaired) electrons. The molecule has 0 aromatic heterocycles. The van der Waals surface area contributed by atoms with Gasteiger partial charge in [-0.05, 0) is 19.8 Å². The molecule has 0 fully saturated rings. The van der Waals surface area contributed by atoms with E-state index in [-0.39, 0.29) is 13.1 Å². The summed E-state index contributed by atoms with van der Waals surface area (Å²) in [5.74, 6) is -1.06. The molecule has 0 aromatic carbocycles. The standard InChI is InChI=1S/C14H20ClF3N2O/c1-13(15)4-2-10(3-5-13)8-11(12(19)21)9-20-7-6-14(16,17)18/h2-4,11,20H,5-9H2,1H3,(H2,19,21)/t11-,13?/m0/s1. The van der Waals surface area contributed by atoms with Gasteiger partial charge in [-0.15, -0.1) is 11.6 Å².